The van der Waals surface area contributed by atoms with E-state index in [4.69, 9.17) is 9.47 Å². The molecule has 0 fully saturated rings. The molecular weight excluding hydrogens is 254 g/mol. The average Bonchev–Trinajstić information content (AvgIpc) is 2.21. The van der Waals surface area contributed by atoms with Crippen LogP contribution in [0.3, 0.4) is 0 Å². The van der Waals surface area contributed by atoms with E-state index in [0.717, 1.165) is 0 Å². The SMILES string of the molecule is COCOC(=O)[C@H](CC(C)=O)NC(=O)OC(C)(C)C. The lowest BCUT2D eigenvalue weighted by Gasteiger charge is -2.22. The third kappa shape index (κ3) is 9.01. The highest BCUT2D eigenvalue weighted by Crippen LogP contribution is 2.07. The monoisotopic (exact) mass is 275 g/mol. The van der Waals surface area contributed by atoms with Gasteiger partial charge in [-0.3, -0.25) is 4.79 Å². The highest BCUT2D eigenvalue weighted by molar-refractivity contribution is 5.87. The van der Waals surface area contributed by atoms with Crippen molar-refractivity contribution in [1.29, 1.82) is 0 Å². The molecule has 0 aromatic rings. The van der Waals surface area contributed by atoms with Crippen molar-refractivity contribution in [1.82, 2.24) is 5.32 Å². The molecule has 0 aliphatic rings. The van der Waals surface area contributed by atoms with Crippen molar-refractivity contribution in [3.8, 4) is 0 Å². The van der Waals surface area contributed by atoms with E-state index >= 15 is 0 Å². The molecule has 0 saturated carbocycles. The number of methoxy groups -OCH3 is 1. The number of hydrogen-bond donors (Lipinski definition) is 1. The van der Waals surface area contributed by atoms with Crippen LogP contribution in [-0.2, 0) is 23.8 Å². The lowest BCUT2D eigenvalue weighted by atomic mass is 10.1. The van der Waals surface area contributed by atoms with Crippen molar-refractivity contribution < 1.29 is 28.6 Å². The molecular formula is C12H21NO6. The summed E-state index contributed by atoms with van der Waals surface area (Å²) in [4.78, 5) is 34.2. The zero-order valence-corrected chi connectivity index (χ0v) is 11.9. The molecule has 7 heteroatoms. The fourth-order valence-electron chi connectivity index (χ4n) is 1.15. The number of carbonyl (C=O) groups is 3. The molecule has 110 valence electrons. The van der Waals surface area contributed by atoms with Crippen LogP contribution in [0, 0.1) is 0 Å². The number of ether oxygens (including phenoxy) is 3. The van der Waals surface area contributed by atoms with Crippen molar-refractivity contribution >= 4 is 17.8 Å². The maximum Gasteiger partial charge on any atom is 0.408 e. The molecule has 0 spiro atoms. The van der Waals surface area contributed by atoms with Gasteiger partial charge in [0.05, 0.1) is 0 Å². The van der Waals surface area contributed by atoms with E-state index in [0.29, 0.717) is 0 Å². The van der Waals surface area contributed by atoms with Crippen LogP contribution in [-0.4, -0.2) is 43.4 Å². The van der Waals surface area contributed by atoms with Gasteiger partial charge in [0.15, 0.2) is 6.79 Å². The third-order valence-corrected chi connectivity index (χ3v) is 1.79. The number of ketones is 1. The summed E-state index contributed by atoms with van der Waals surface area (Å²) in [6.45, 7) is 6.14. The number of rotatable bonds is 6. The first-order valence-corrected chi connectivity index (χ1v) is 5.80. The summed E-state index contributed by atoms with van der Waals surface area (Å²) < 4.78 is 14.3. The Morgan fingerprint density at radius 2 is 1.79 bits per heavy atom. The zero-order chi connectivity index (χ0) is 15.1. The van der Waals surface area contributed by atoms with Crippen LogP contribution in [0.15, 0.2) is 0 Å². The van der Waals surface area contributed by atoms with Crippen LogP contribution in [0.25, 0.3) is 0 Å². The Morgan fingerprint density at radius 1 is 1.21 bits per heavy atom. The van der Waals surface area contributed by atoms with Crippen molar-refractivity contribution in [2.75, 3.05) is 13.9 Å². The van der Waals surface area contributed by atoms with Gasteiger partial charge in [-0.2, -0.15) is 0 Å². The van der Waals surface area contributed by atoms with E-state index in [-0.39, 0.29) is 19.0 Å². The molecule has 0 rings (SSSR count). The van der Waals surface area contributed by atoms with Crippen LogP contribution < -0.4 is 5.32 Å². The first kappa shape index (κ1) is 17.4. The van der Waals surface area contributed by atoms with Gasteiger partial charge in [0.1, 0.15) is 17.4 Å². The molecule has 0 radical (unpaired) electrons. The van der Waals surface area contributed by atoms with Gasteiger partial charge < -0.3 is 19.5 Å². The summed E-state index contributed by atoms with van der Waals surface area (Å²) in [5.74, 6) is -1.00. The molecule has 1 amide bonds. The summed E-state index contributed by atoms with van der Waals surface area (Å²) in [6.07, 6.45) is -0.949. The van der Waals surface area contributed by atoms with E-state index in [9.17, 15) is 14.4 Å². The Bertz CT molecular complexity index is 334. The Kier molecular flexibility index (Phi) is 7.06. The summed E-state index contributed by atoms with van der Waals surface area (Å²) in [7, 11) is 1.36. The van der Waals surface area contributed by atoms with Gasteiger partial charge in [0.2, 0.25) is 0 Å². The summed E-state index contributed by atoms with van der Waals surface area (Å²) in [5, 5.41) is 2.30. The molecule has 0 saturated heterocycles. The first-order valence-electron chi connectivity index (χ1n) is 5.80. The minimum absolute atomic E-state index is 0.165. The van der Waals surface area contributed by atoms with Crippen LogP contribution in [0.1, 0.15) is 34.1 Å². The summed E-state index contributed by atoms with van der Waals surface area (Å²) >= 11 is 0. The van der Waals surface area contributed by atoms with E-state index < -0.39 is 23.7 Å². The van der Waals surface area contributed by atoms with Gasteiger partial charge in [0, 0.05) is 13.5 Å². The molecule has 0 aliphatic carbocycles. The Hall–Kier alpha value is -1.63. The maximum atomic E-state index is 11.6. The highest BCUT2D eigenvalue weighted by atomic mass is 16.7. The Morgan fingerprint density at radius 3 is 2.21 bits per heavy atom. The van der Waals surface area contributed by atoms with Crippen molar-refractivity contribution in [3.63, 3.8) is 0 Å². The summed E-state index contributed by atoms with van der Waals surface area (Å²) in [6, 6.07) is -1.08. The highest BCUT2D eigenvalue weighted by Gasteiger charge is 2.26. The molecule has 7 nitrogen and oxygen atoms in total. The number of alkyl carbamates (subject to hydrolysis) is 1. The number of amides is 1. The van der Waals surface area contributed by atoms with Gasteiger partial charge in [0.25, 0.3) is 0 Å². The van der Waals surface area contributed by atoms with Gasteiger partial charge >= 0.3 is 12.1 Å². The fraction of sp³-hybridized carbons (Fsp3) is 0.750. The normalized spacial score (nSPS) is 12.5. The van der Waals surface area contributed by atoms with E-state index in [2.05, 4.69) is 10.1 Å². The molecule has 1 N–H and O–H groups in total. The molecule has 0 heterocycles. The van der Waals surface area contributed by atoms with E-state index in [1.165, 1.54) is 14.0 Å². The molecule has 1 atom stereocenters. The second kappa shape index (κ2) is 7.73. The van der Waals surface area contributed by atoms with Crippen LogP contribution >= 0.6 is 0 Å². The smallest absolute Gasteiger partial charge is 0.408 e. The molecule has 0 aromatic carbocycles. The number of hydrogen-bond acceptors (Lipinski definition) is 6. The van der Waals surface area contributed by atoms with Gasteiger partial charge in [-0.25, -0.2) is 9.59 Å². The predicted octanol–water partition coefficient (Wildman–Crippen LogP) is 1.01. The Balaban J connectivity index is 4.54. The van der Waals surface area contributed by atoms with E-state index in [1.54, 1.807) is 20.8 Å². The van der Waals surface area contributed by atoms with E-state index in [1.807, 2.05) is 0 Å². The quantitative estimate of drug-likeness (QED) is 0.574. The number of nitrogens with one attached hydrogen (secondary N) is 1. The second-order valence-electron chi connectivity index (χ2n) is 4.97. The number of Topliss-reactive ketones (excluding diaryl/α,β-unsaturated/α-hetero) is 1. The van der Waals surface area contributed by atoms with Crippen molar-refractivity contribution in [2.24, 2.45) is 0 Å². The number of esters is 1. The van der Waals surface area contributed by atoms with Gasteiger partial charge in [-0.15, -0.1) is 0 Å². The first-order chi connectivity index (χ1) is 8.65. The lowest BCUT2D eigenvalue weighted by molar-refractivity contribution is -0.157. The van der Waals surface area contributed by atoms with Crippen molar-refractivity contribution in [2.45, 2.75) is 45.8 Å². The zero-order valence-electron chi connectivity index (χ0n) is 11.9. The van der Waals surface area contributed by atoms with Crippen LogP contribution in [0.5, 0.6) is 0 Å². The molecule has 0 bridgehead atoms. The predicted molar refractivity (Wildman–Crippen MR) is 66.4 cm³/mol. The number of carbonyl (C=O) groups excluding carboxylic acids is 3. The summed E-state index contributed by atoms with van der Waals surface area (Å²) in [5.41, 5.74) is -0.693. The second-order valence-corrected chi connectivity index (χ2v) is 4.97. The lowest BCUT2D eigenvalue weighted by Crippen LogP contribution is -2.45. The Labute approximate surface area is 112 Å². The van der Waals surface area contributed by atoms with Crippen LogP contribution in [0.2, 0.25) is 0 Å². The largest absolute Gasteiger partial charge is 0.444 e. The van der Waals surface area contributed by atoms with Gasteiger partial charge in [-0.1, -0.05) is 0 Å². The minimum Gasteiger partial charge on any atom is -0.444 e. The maximum absolute atomic E-state index is 11.6. The average molecular weight is 275 g/mol. The van der Waals surface area contributed by atoms with Crippen LogP contribution in [0.4, 0.5) is 4.79 Å². The van der Waals surface area contributed by atoms with Gasteiger partial charge in [-0.05, 0) is 27.7 Å². The molecule has 19 heavy (non-hydrogen) atoms. The standard InChI is InChI=1S/C12H21NO6/c1-8(14)6-9(10(15)18-7-17-5)13-11(16)19-12(2,3)4/h9H,6-7H2,1-5H3,(H,13,16)/t9-/m0/s1. The minimum atomic E-state index is -1.08. The van der Waals surface area contributed by atoms with Crippen molar-refractivity contribution in [3.05, 3.63) is 0 Å². The fourth-order valence-corrected chi connectivity index (χ4v) is 1.15. The third-order valence-electron chi connectivity index (χ3n) is 1.79. The molecule has 0 aliphatic heterocycles. The molecule has 0 unspecified atom stereocenters. The molecule has 0 aromatic heterocycles. The topological polar surface area (TPSA) is 90.9 Å².